The highest BCUT2D eigenvalue weighted by atomic mass is 19.1. The van der Waals surface area contributed by atoms with Crippen molar-refractivity contribution in [1.29, 1.82) is 0 Å². The van der Waals surface area contributed by atoms with Crippen LogP contribution in [-0.4, -0.2) is 45.2 Å². The first kappa shape index (κ1) is 15.9. The smallest absolute Gasteiger partial charge is 0.123 e. The molecular formula is C15H26FN3. The lowest BCUT2D eigenvalue weighted by molar-refractivity contribution is 0.412. The minimum atomic E-state index is -0.184. The SMILES string of the molecule is CCCN(CCN(C)C)c1ccc(F)cc1CCN. The van der Waals surface area contributed by atoms with Gasteiger partial charge in [-0.15, -0.1) is 0 Å². The van der Waals surface area contributed by atoms with Gasteiger partial charge in [0.1, 0.15) is 5.82 Å². The second kappa shape index (κ2) is 8.12. The standard InChI is InChI=1S/C15H26FN3/c1-4-9-19(11-10-18(2)3)15-6-5-14(16)12-13(15)7-8-17/h5-6,12H,4,7-11,17H2,1-3H3. The summed E-state index contributed by atoms with van der Waals surface area (Å²) < 4.78 is 13.4. The molecule has 0 aliphatic heterocycles. The Balaban J connectivity index is 2.92. The molecule has 0 spiro atoms. The van der Waals surface area contributed by atoms with Crippen molar-refractivity contribution in [2.75, 3.05) is 45.2 Å². The fourth-order valence-corrected chi connectivity index (χ4v) is 2.16. The largest absolute Gasteiger partial charge is 0.370 e. The van der Waals surface area contributed by atoms with E-state index in [0.29, 0.717) is 6.54 Å². The van der Waals surface area contributed by atoms with Gasteiger partial charge in [-0.3, -0.25) is 0 Å². The highest BCUT2D eigenvalue weighted by Gasteiger charge is 2.11. The van der Waals surface area contributed by atoms with Crippen LogP contribution in [0, 0.1) is 5.82 Å². The van der Waals surface area contributed by atoms with Crippen LogP contribution in [0.1, 0.15) is 18.9 Å². The lowest BCUT2D eigenvalue weighted by Crippen LogP contribution is -2.33. The van der Waals surface area contributed by atoms with Crippen molar-refractivity contribution in [2.45, 2.75) is 19.8 Å². The van der Waals surface area contributed by atoms with E-state index in [1.54, 1.807) is 6.07 Å². The summed E-state index contributed by atoms with van der Waals surface area (Å²) in [6.45, 7) is 5.62. The van der Waals surface area contributed by atoms with Crippen LogP contribution in [-0.2, 0) is 6.42 Å². The number of nitrogens with two attached hydrogens (primary N) is 1. The molecule has 4 heteroatoms. The Morgan fingerprint density at radius 1 is 1.16 bits per heavy atom. The minimum Gasteiger partial charge on any atom is -0.370 e. The Morgan fingerprint density at radius 2 is 1.89 bits per heavy atom. The van der Waals surface area contributed by atoms with E-state index in [4.69, 9.17) is 5.73 Å². The molecule has 1 aromatic rings. The second-order valence-corrected chi connectivity index (χ2v) is 5.10. The molecule has 0 radical (unpaired) electrons. The van der Waals surface area contributed by atoms with E-state index < -0.39 is 0 Å². The summed E-state index contributed by atoms with van der Waals surface area (Å²) >= 11 is 0. The Labute approximate surface area is 116 Å². The molecule has 0 aliphatic rings. The highest BCUT2D eigenvalue weighted by molar-refractivity contribution is 5.54. The summed E-state index contributed by atoms with van der Waals surface area (Å²) in [4.78, 5) is 4.49. The molecule has 0 amide bonds. The van der Waals surface area contributed by atoms with Crippen LogP contribution in [0.2, 0.25) is 0 Å². The lowest BCUT2D eigenvalue weighted by Gasteiger charge is -2.28. The Morgan fingerprint density at radius 3 is 2.47 bits per heavy atom. The zero-order valence-electron chi connectivity index (χ0n) is 12.3. The number of likely N-dealkylation sites (N-methyl/N-ethyl adjacent to an activating group) is 1. The van der Waals surface area contributed by atoms with Gasteiger partial charge < -0.3 is 15.5 Å². The molecule has 0 atom stereocenters. The van der Waals surface area contributed by atoms with Gasteiger partial charge >= 0.3 is 0 Å². The van der Waals surface area contributed by atoms with E-state index in [-0.39, 0.29) is 5.82 Å². The van der Waals surface area contributed by atoms with E-state index in [2.05, 4.69) is 30.8 Å². The van der Waals surface area contributed by atoms with E-state index in [1.165, 1.54) is 6.07 Å². The van der Waals surface area contributed by atoms with Crippen LogP contribution in [0.4, 0.5) is 10.1 Å². The van der Waals surface area contributed by atoms with E-state index in [9.17, 15) is 4.39 Å². The fraction of sp³-hybridized carbons (Fsp3) is 0.600. The van der Waals surface area contributed by atoms with Crippen LogP contribution in [0.3, 0.4) is 0 Å². The molecule has 0 heterocycles. The third kappa shape index (κ3) is 5.17. The molecular weight excluding hydrogens is 241 g/mol. The number of halogens is 1. The topological polar surface area (TPSA) is 32.5 Å². The van der Waals surface area contributed by atoms with Gasteiger partial charge in [0.2, 0.25) is 0 Å². The van der Waals surface area contributed by atoms with Crippen LogP contribution in [0.15, 0.2) is 18.2 Å². The van der Waals surface area contributed by atoms with E-state index in [1.807, 2.05) is 6.07 Å². The van der Waals surface area contributed by atoms with Crippen molar-refractivity contribution in [3.63, 3.8) is 0 Å². The maximum atomic E-state index is 13.4. The number of hydrogen-bond donors (Lipinski definition) is 1. The monoisotopic (exact) mass is 267 g/mol. The first-order valence-electron chi connectivity index (χ1n) is 6.96. The quantitative estimate of drug-likeness (QED) is 0.783. The molecule has 2 N–H and O–H groups in total. The predicted octanol–water partition coefficient (Wildman–Crippen LogP) is 2.10. The molecule has 0 aromatic heterocycles. The Kier molecular flexibility index (Phi) is 6.81. The van der Waals surface area contributed by atoms with Gasteiger partial charge in [-0.05, 0) is 57.2 Å². The number of rotatable bonds is 8. The molecule has 0 unspecified atom stereocenters. The predicted molar refractivity (Wildman–Crippen MR) is 80.2 cm³/mol. The van der Waals surface area contributed by atoms with Crippen molar-refractivity contribution >= 4 is 5.69 Å². The average Bonchev–Trinajstić information content (AvgIpc) is 2.35. The maximum Gasteiger partial charge on any atom is 0.123 e. The Bertz CT molecular complexity index is 380. The molecule has 1 rings (SSSR count). The van der Waals surface area contributed by atoms with Crippen LogP contribution >= 0.6 is 0 Å². The van der Waals surface area contributed by atoms with Gasteiger partial charge in [-0.1, -0.05) is 6.92 Å². The van der Waals surface area contributed by atoms with E-state index >= 15 is 0 Å². The first-order chi connectivity index (χ1) is 9.08. The zero-order valence-corrected chi connectivity index (χ0v) is 12.3. The second-order valence-electron chi connectivity index (χ2n) is 5.10. The third-order valence-corrected chi connectivity index (χ3v) is 3.11. The summed E-state index contributed by atoms with van der Waals surface area (Å²) in [6, 6.07) is 5.03. The van der Waals surface area contributed by atoms with E-state index in [0.717, 1.165) is 43.7 Å². The van der Waals surface area contributed by atoms with Gasteiger partial charge in [-0.25, -0.2) is 4.39 Å². The van der Waals surface area contributed by atoms with Gasteiger partial charge in [0.25, 0.3) is 0 Å². The summed E-state index contributed by atoms with van der Waals surface area (Å²) in [7, 11) is 4.13. The summed E-state index contributed by atoms with van der Waals surface area (Å²) in [5.41, 5.74) is 7.76. The first-order valence-corrected chi connectivity index (χ1v) is 6.96. The molecule has 3 nitrogen and oxygen atoms in total. The van der Waals surface area contributed by atoms with Crippen LogP contribution in [0.25, 0.3) is 0 Å². The molecule has 108 valence electrons. The van der Waals surface area contributed by atoms with Gasteiger partial charge in [0.15, 0.2) is 0 Å². The summed E-state index contributed by atoms with van der Waals surface area (Å²) in [5, 5.41) is 0. The van der Waals surface area contributed by atoms with Crippen molar-refractivity contribution in [2.24, 2.45) is 5.73 Å². The summed E-state index contributed by atoms with van der Waals surface area (Å²) in [6.07, 6.45) is 1.79. The molecule has 0 aliphatic carbocycles. The number of benzene rings is 1. The minimum absolute atomic E-state index is 0.184. The molecule has 19 heavy (non-hydrogen) atoms. The van der Waals surface area contributed by atoms with Gasteiger partial charge in [-0.2, -0.15) is 0 Å². The Hall–Kier alpha value is -1.13. The molecule has 0 fully saturated rings. The number of hydrogen-bond acceptors (Lipinski definition) is 3. The summed E-state index contributed by atoms with van der Waals surface area (Å²) in [5.74, 6) is -0.184. The average molecular weight is 267 g/mol. The molecule has 1 aromatic carbocycles. The molecule has 0 saturated carbocycles. The normalized spacial score (nSPS) is 11.1. The van der Waals surface area contributed by atoms with Crippen molar-refractivity contribution in [3.8, 4) is 0 Å². The fourth-order valence-electron chi connectivity index (χ4n) is 2.16. The highest BCUT2D eigenvalue weighted by Crippen LogP contribution is 2.22. The molecule has 0 saturated heterocycles. The van der Waals surface area contributed by atoms with Crippen molar-refractivity contribution < 1.29 is 4.39 Å². The van der Waals surface area contributed by atoms with Gasteiger partial charge in [0.05, 0.1) is 0 Å². The van der Waals surface area contributed by atoms with Gasteiger partial charge in [0, 0.05) is 25.3 Å². The molecule has 0 bridgehead atoms. The zero-order chi connectivity index (χ0) is 14.3. The lowest BCUT2D eigenvalue weighted by atomic mass is 10.1. The third-order valence-electron chi connectivity index (χ3n) is 3.11. The number of nitrogens with zero attached hydrogens (tertiary/aromatic N) is 2. The van der Waals surface area contributed by atoms with Crippen LogP contribution < -0.4 is 10.6 Å². The number of anilines is 1. The van der Waals surface area contributed by atoms with Crippen molar-refractivity contribution in [3.05, 3.63) is 29.6 Å². The van der Waals surface area contributed by atoms with Crippen LogP contribution in [0.5, 0.6) is 0 Å². The maximum absolute atomic E-state index is 13.4. The van der Waals surface area contributed by atoms with Crippen molar-refractivity contribution in [1.82, 2.24) is 4.90 Å².